The number of aldehydes is 1. The molecule has 2 heterocycles. The van der Waals surface area contributed by atoms with Crippen molar-refractivity contribution in [1.29, 1.82) is 0 Å². The highest BCUT2D eigenvalue weighted by Gasteiger charge is 2.29. The summed E-state index contributed by atoms with van der Waals surface area (Å²) in [4.78, 5) is 10.9. The summed E-state index contributed by atoms with van der Waals surface area (Å²) in [5.74, 6) is 1.37. The zero-order valence-corrected chi connectivity index (χ0v) is 20.4. The third kappa shape index (κ3) is 4.28. The molecule has 1 aliphatic carbocycles. The van der Waals surface area contributed by atoms with Gasteiger partial charge in [-0.3, -0.25) is 14.6 Å². The molecule has 0 spiro atoms. The van der Waals surface area contributed by atoms with Crippen LogP contribution in [0.25, 0.3) is 11.0 Å². The molecule has 36 heavy (non-hydrogen) atoms. The van der Waals surface area contributed by atoms with E-state index < -0.39 is 10.0 Å². The Hall–Kier alpha value is -4.26. The summed E-state index contributed by atoms with van der Waals surface area (Å²) in [6.45, 7) is 0. The maximum absolute atomic E-state index is 13.3. The SMILES string of the molecule is COc1cc2c(NS(=O)(=O)c3c(OC)cc(C=O)cc3OC)noc2cc1Nc1cc(C2CC2)[nH]n1. The molecule has 1 aliphatic rings. The summed E-state index contributed by atoms with van der Waals surface area (Å²) in [5.41, 5.74) is 2.14. The van der Waals surface area contributed by atoms with Crippen LogP contribution >= 0.6 is 0 Å². The van der Waals surface area contributed by atoms with Crippen LogP contribution in [0.5, 0.6) is 17.2 Å². The molecule has 0 saturated heterocycles. The van der Waals surface area contributed by atoms with Crippen LogP contribution in [-0.4, -0.2) is 51.4 Å². The molecule has 2 aromatic heterocycles. The average Bonchev–Trinajstić information content (AvgIpc) is 3.52. The number of carbonyl (C=O) groups is 1. The van der Waals surface area contributed by atoms with Gasteiger partial charge in [0.25, 0.3) is 10.0 Å². The van der Waals surface area contributed by atoms with Crippen LogP contribution in [0.4, 0.5) is 17.3 Å². The number of sulfonamides is 1. The van der Waals surface area contributed by atoms with Gasteiger partial charge in [0.05, 0.1) is 32.4 Å². The van der Waals surface area contributed by atoms with Crippen molar-refractivity contribution < 1.29 is 31.9 Å². The number of hydrogen-bond acceptors (Lipinski definition) is 10. The number of rotatable bonds is 10. The second-order valence-electron chi connectivity index (χ2n) is 8.17. The highest BCUT2D eigenvalue weighted by molar-refractivity contribution is 7.93. The summed E-state index contributed by atoms with van der Waals surface area (Å²) in [6.07, 6.45) is 2.85. The van der Waals surface area contributed by atoms with Crippen LogP contribution in [0, 0.1) is 0 Å². The summed E-state index contributed by atoms with van der Waals surface area (Å²) in [6, 6.07) is 7.79. The number of methoxy groups -OCH3 is 3. The lowest BCUT2D eigenvalue weighted by atomic mass is 10.2. The van der Waals surface area contributed by atoms with E-state index in [-0.39, 0.29) is 27.8 Å². The molecule has 1 fully saturated rings. The number of ether oxygens (including phenoxy) is 3. The second kappa shape index (κ2) is 9.07. The maximum Gasteiger partial charge on any atom is 0.270 e. The van der Waals surface area contributed by atoms with Crippen LogP contribution in [0.3, 0.4) is 0 Å². The van der Waals surface area contributed by atoms with E-state index in [0.29, 0.717) is 40.4 Å². The third-order valence-corrected chi connectivity index (χ3v) is 7.19. The number of carbonyl (C=O) groups excluding carboxylic acids is 1. The first-order valence-corrected chi connectivity index (χ1v) is 12.4. The van der Waals surface area contributed by atoms with E-state index in [1.54, 1.807) is 12.1 Å². The van der Waals surface area contributed by atoms with E-state index in [1.807, 2.05) is 6.07 Å². The number of nitrogens with one attached hydrogen (secondary N) is 3. The fraction of sp³-hybridized carbons (Fsp3) is 0.261. The maximum atomic E-state index is 13.3. The molecule has 0 amide bonds. The van der Waals surface area contributed by atoms with Gasteiger partial charge in [0.2, 0.25) is 0 Å². The van der Waals surface area contributed by atoms with E-state index in [4.69, 9.17) is 18.7 Å². The van der Waals surface area contributed by atoms with E-state index >= 15 is 0 Å². The fourth-order valence-electron chi connectivity index (χ4n) is 3.86. The number of aromatic amines is 1. The molecule has 2 aromatic carbocycles. The second-order valence-corrected chi connectivity index (χ2v) is 9.78. The number of H-pyrrole nitrogens is 1. The topological polar surface area (TPSA) is 158 Å². The minimum absolute atomic E-state index is 0.0609. The Kier molecular flexibility index (Phi) is 5.92. The number of nitrogens with zero attached hydrogens (tertiary/aromatic N) is 2. The summed E-state index contributed by atoms with van der Waals surface area (Å²) in [5, 5.41) is 14.8. The van der Waals surface area contributed by atoms with Crippen LogP contribution in [0.15, 0.2) is 39.8 Å². The highest BCUT2D eigenvalue weighted by atomic mass is 32.2. The van der Waals surface area contributed by atoms with Crippen molar-refractivity contribution in [3.63, 3.8) is 0 Å². The molecule has 3 N–H and O–H groups in total. The molecule has 0 bridgehead atoms. The van der Waals surface area contributed by atoms with Gasteiger partial charge in [-0.05, 0) is 31.0 Å². The molecule has 188 valence electrons. The Morgan fingerprint density at radius 2 is 1.72 bits per heavy atom. The molecule has 0 unspecified atom stereocenters. The van der Waals surface area contributed by atoms with Gasteiger partial charge in [-0.1, -0.05) is 5.16 Å². The minimum atomic E-state index is -4.27. The zero-order chi connectivity index (χ0) is 25.4. The van der Waals surface area contributed by atoms with Gasteiger partial charge in [-0.15, -0.1) is 0 Å². The lowest BCUT2D eigenvalue weighted by Gasteiger charge is -2.15. The minimum Gasteiger partial charge on any atom is -0.495 e. The summed E-state index contributed by atoms with van der Waals surface area (Å²) < 4.78 is 50.4. The first-order valence-electron chi connectivity index (χ1n) is 10.9. The first kappa shape index (κ1) is 23.5. The number of benzene rings is 2. The van der Waals surface area contributed by atoms with E-state index in [9.17, 15) is 13.2 Å². The molecule has 0 aliphatic heterocycles. The number of hydrogen-bond donors (Lipinski definition) is 3. The van der Waals surface area contributed by atoms with Gasteiger partial charge >= 0.3 is 0 Å². The average molecular weight is 514 g/mol. The lowest BCUT2D eigenvalue weighted by molar-refractivity contribution is 0.112. The van der Waals surface area contributed by atoms with Crippen molar-refractivity contribution in [1.82, 2.24) is 15.4 Å². The van der Waals surface area contributed by atoms with Crippen LogP contribution in [0.2, 0.25) is 0 Å². The van der Waals surface area contributed by atoms with Crippen molar-refractivity contribution in [2.75, 3.05) is 31.4 Å². The van der Waals surface area contributed by atoms with Crippen molar-refractivity contribution in [2.45, 2.75) is 23.7 Å². The zero-order valence-electron chi connectivity index (χ0n) is 19.6. The Labute approximate surface area is 206 Å². The highest BCUT2D eigenvalue weighted by Crippen LogP contribution is 2.41. The van der Waals surface area contributed by atoms with Crippen LogP contribution in [-0.2, 0) is 10.0 Å². The predicted octanol–water partition coefficient (Wildman–Crippen LogP) is 3.81. The van der Waals surface area contributed by atoms with Gasteiger partial charge < -0.3 is 24.1 Å². The Morgan fingerprint density at radius 3 is 2.33 bits per heavy atom. The van der Waals surface area contributed by atoms with Crippen molar-refractivity contribution in [3.05, 3.63) is 41.6 Å². The largest absolute Gasteiger partial charge is 0.495 e. The summed E-state index contributed by atoms with van der Waals surface area (Å²) in [7, 11) is -0.194. The molecule has 12 nitrogen and oxygen atoms in total. The van der Waals surface area contributed by atoms with Crippen LogP contribution < -0.4 is 24.2 Å². The predicted molar refractivity (Wildman–Crippen MR) is 130 cm³/mol. The molecule has 5 rings (SSSR count). The third-order valence-electron chi connectivity index (χ3n) is 5.79. The van der Waals surface area contributed by atoms with Gasteiger partial charge in [0.15, 0.2) is 22.1 Å². The van der Waals surface area contributed by atoms with Gasteiger partial charge in [-0.2, -0.15) is 5.10 Å². The molecule has 1 saturated carbocycles. The van der Waals surface area contributed by atoms with E-state index in [2.05, 4.69) is 25.4 Å². The molecule has 0 radical (unpaired) electrons. The van der Waals surface area contributed by atoms with Crippen molar-refractivity contribution in [3.8, 4) is 17.2 Å². The number of anilines is 3. The normalized spacial score (nSPS) is 13.4. The van der Waals surface area contributed by atoms with Crippen LogP contribution in [0.1, 0.15) is 34.8 Å². The van der Waals surface area contributed by atoms with Gasteiger partial charge in [0.1, 0.15) is 23.5 Å². The standard InChI is InChI=1S/C23H23N5O7S/c1-32-18-8-14-17(9-16(18)24-21-10-15(25-26-21)13-4-5-13)35-27-23(14)28-36(30,31)22-19(33-2)6-12(11-29)7-20(22)34-3/h6-11,13H,4-5H2,1-3H3,(H,27,28)(H2,24,25,26). The van der Waals surface area contributed by atoms with Gasteiger partial charge in [0, 0.05) is 29.3 Å². The van der Waals surface area contributed by atoms with E-state index in [1.165, 1.54) is 33.5 Å². The molecule has 13 heteroatoms. The molecule has 0 atom stereocenters. The Balaban J connectivity index is 1.49. The summed E-state index contributed by atoms with van der Waals surface area (Å²) >= 11 is 0. The first-order chi connectivity index (χ1) is 17.4. The smallest absolute Gasteiger partial charge is 0.270 e. The number of fused-ring (bicyclic) bond motifs is 1. The molecular formula is C23H23N5O7S. The quantitative estimate of drug-likeness (QED) is 0.266. The molecular weight excluding hydrogens is 490 g/mol. The molecule has 4 aromatic rings. The van der Waals surface area contributed by atoms with E-state index in [0.717, 1.165) is 18.5 Å². The Morgan fingerprint density at radius 1 is 1.03 bits per heavy atom. The fourth-order valence-corrected chi connectivity index (χ4v) is 5.18. The van der Waals surface area contributed by atoms with Crippen molar-refractivity contribution >= 4 is 44.6 Å². The monoisotopic (exact) mass is 513 g/mol. The lowest BCUT2D eigenvalue weighted by Crippen LogP contribution is -2.16. The van der Waals surface area contributed by atoms with Gasteiger partial charge in [-0.25, -0.2) is 8.42 Å². The van der Waals surface area contributed by atoms with Crippen molar-refractivity contribution in [2.24, 2.45) is 0 Å². The Bertz CT molecular complexity index is 1530. The number of aromatic nitrogens is 3.